The number of alkyl halides is 3. The van der Waals surface area contributed by atoms with Crippen LogP contribution in [0, 0.1) is 11.7 Å². The summed E-state index contributed by atoms with van der Waals surface area (Å²) in [5, 5.41) is 3.21. The Morgan fingerprint density at radius 2 is 1.78 bits per heavy atom. The molecule has 1 atom stereocenters. The zero-order valence-electron chi connectivity index (χ0n) is 13.3. The number of hydrogen-bond acceptors (Lipinski definition) is 2. The van der Waals surface area contributed by atoms with Crippen molar-refractivity contribution in [1.82, 2.24) is 10.2 Å². The Bertz CT molecular complexity index is 499. The molecule has 132 valence electrons. The molecule has 0 amide bonds. The van der Waals surface area contributed by atoms with Crippen molar-refractivity contribution in [1.29, 1.82) is 0 Å². The summed E-state index contributed by atoms with van der Waals surface area (Å²) in [7, 11) is 0. The van der Waals surface area contributed by atoms with Crippen molar-refractivity contribution in [2.75, 3.05) is 26.2 Å². The van der Waals surface area contributed by atoms with Gasteiger partial charge in [0.25, 0.3) is 0 Å². The van der Waals surface area contributed by atoms with Crippen molar-refractivity contribution in [3.8, 4) is 0 Å². The predicted octanol–water partition coefficient (Wildman–Crippen LogP) is 4.26. The average molecular weight is 355 g/mol. The summed E-state index contributed by atoms with van der Waals surface area (Å²) in [6.45, 7) is 6.98. The van der Waals surface area contributed by atoms with E-state index in [1.165, 1.54) is 0 Å². The molecule has 1 aromatic carbocycles. The first-order valence-corrected chi connectivity index (χ1v) is 7.60. The normalized spacial score (nSPS) is 17.9. The maximum atomic E-state index is 14.2. The monoisotopic (exact) mass is 354 g/mol. The summed E-state index contributed by atoms with van der Waals surface area (Å²) in [4.78, 5) is 2.08. The van der Waals surface area contributed by atoms with E-state index in [-0.39, 0.29) is 29.9 Å². The molecule has 7 heteroatoms. The van der Waals surface area contributed by atoms with Crippen molar-refractivity contribution >= 4 is 12.4 Å². The lowest BCUT2D eigenvalue weighted by Gasteiger charge is -2.36. The Hall–Kier alpha value is -0.850. The lowest BCUT2D eigenvalue weighted by Crippen LogP contribution is -2.45. The Labute approximate surface area is 140 Å². The van der Waals surface area contributed by atoms with Gasteiger partial charge >= 0.3 is 6.18 Å². The zero-order valence-corrected chi connectivity index (χ0v) is 14.1. The summed E-state index contributed by atoms with van der Waals surface area (Å²) in [6.07, 6.45) is -3.81. The smallest absolute Gasteiger partial charge is 0.314 e. The summed E-state index contributed by atoms with van der Waals surface area (Å²) < 4.78 is 53.0. The second-order valence-electron chi connectivity index (χ2n) is 6.17. The standard InChI is InChI=1S/C16H22F4N2.ClH/c1-11(2)9-15(22-7-5-21-6-8-22)13-10-12(16(18,19)20)3-4-14(13)17;/h3-4,10-11,15,21H,5-9H2,1-2H3;1H/t15-;/m0./s1. The number of halogens is 5. The highest BCUT2D eigenvalue weighted by molar-refractivity contribution is 5.85. The molecule has 0 unspecified atom stereocenters. The molecule has 1 fully saturated rings. The molecule has 1 saturated heterocycles. The molecule has 0 aliphatic carbocycles. The van der Waals surface area contributed by atoms with Crippen LogP contribution >= 0.6 is 12.4 Å². The minimum atomic E-state index is -4.45. The van der Waals surface area contributed by atoms with Crippen LogP contribution < -0.4 is 5.32 Å². The van der Waals surface area contributed by atoms with Gasteiger partial charge in [0.2, 0.25) is 0 Å². The predicted molar refractivity (Wildman–Crippen MR) is 85.3 cm³/mol. The molecule has 2 rings (SSSR count). The van der Waals surface area contributed by atoms with E-state index in [1.807, 2.05) is 13.8 Å². The van der Waals surface area contributed by atoms with Gasteiger partial charge in [-0.15, -0.1) is 12.4 Å². The van der Waals surface area contributed by atoms with Gasteiger partial charge < -0.3 is 5.32 Å². The third kappa shape index (κ3) is 5.33. The maximum Gasteiger partial charge on any atom is 0.416 e. The van der Waals surface area contributed by atoms with Gasteiger partial charge in [0, 0.05) is 37.8 Å². The summed E-state index contributed by atoms with van der Waals surface area (Å²) >= 11 is 0. The highest BCUT2D eigenvalue weighted by Crippen LogP contribution is 2.35. The molecule has 0 radical (unpaired) electrons. The first-order valence-electron chi connectivity index (χ1n) is 7.60. The number of rotatable bonds is 4. The molecule has 1 aromatic rings. The van der Waals surface area contributed by atoms with Gasteiger partial charge in [-0.2, -0.15) is 13.2 Å². The van der Waals surface area contributed by atoms with Crippen molar-refractivity contribution in [2.24, 2.45) is 5.92 Å². The van der Waals surface area contributed by atoms with Crippen molar-refractivity contribution in [2.45, 2.75) is 32.5 Å². The molecular formula is C16H23ClF4N2. The Morgan fingerprint density at radius 3 is 2.30 bits per heavy atom. The van der Waals surface area contributed by atoms with E-state index in [1.54, 1.807) is 0 Å². The average Bonchev–Trinajstić information content (AvgIpc) is 2.45. The van der Waals surface area contributed by atoms with E-state index in [4.69, 9.17) is 0 Å². The maximum absolute atomic E-state index is 14.2. The van der Waals surface area contributed by atoms with Gasteiger partial charge in [0.15, 0.2) is 0 Å². The van der Waals surface area contributed by atoms with Crippen LogP contribution in [-0.2, 0) is 6.18 Å². The van der Waals surface area contributed by atoms with E-state index in [0.29, 0.717) is 19.5 Å². The fourth-order valence-electron chi connectivity index (χ4n) is 2.89. The second kappa shape index (κ2) is 8.31. The largest absolute Gasteiger partial charge is 0.416 e. The Morgan fingerprint density at radius 1 is 1.17 bits per heavy atom. The van der Waals surface area contributed by atoms with Crippen LogP contribution in [-0.4, -0.2) is 31.1 Å². The van der Waals surface area contributed by atoms with Gasteiger partial charge in [-0.05, 0) is 30.5 Å². The van der Waals surface area contributed by atoms with E-state index < -0.39 is 17.6 Å². The fourth-order valence-corrected chi connectivity index (χ4v) is 2.89. The third-order valence-electron chi connectivity index (χ3n) is 3.97. The summed E-state index contributed by atoms with van der Waals surface area (Å²) in [5.74, 6) is -0.286. The Balaban J connectivity index is 0.00000264. The van der Waals surface area contributed by atoms with E-state index in [2.05, 4.69) is 10.2 Å². The molecule has 1 N–H and O–H groups in total. The number of nitrogens with one attached hydrogen (secondary N) is 1. The molecule has 2 nitrogen and oxygen atoms in total. The van der Waals surface area contributed by atoms with Crippen LogP contribution in [0.25, 0.3) is 0 Å². The van der Waals surface area contributed by atoms with Crippen LogP contribution in [0.2, 0.25) is 0 Å². The summed E-state index contributed by atoms with van der Waals surface area (Å²) in [5.41, 5.74) is -0.627. The number of benzene rings is 1. The zero-order chi connectivity index (χ0) is 16.3. The van der Waals surface area contributed by atoms with Crippen LogP contribution in [0.5, 0.6) is 0 Å². The minimum Gasteiger partial charge on any atom is -0.314 e. The number of hydrogen-bond donors (Lipinski definition) is 1. The van der Waals surface area contributed by atoms with Gasteiger partial charge in [-0.1, -0.05) is 13.8 Å². The van der Waals surface area contributed by atoms with Gasteiger partial charge in [0.05, 0.1) is 5.56 Å². The molecule has 23 heavy (non-hydrogen) atoms. The van der Waals surface area contributed by atoms with E-state index in [9.17, 15) is 17.6 Å². The highest BCUT2D eigenvalue weighted by atomic mass is 35.5. The van der Waals surface area contributed by atoms with Gasteiger partial charge in [-0.25, -0.2) is 4.39 Å². The highest BCUT2D eigenvalue weighted by Gasteiger charge is 2.33. The molecule has 1 aliphatic rings. The minimum absolute atomic E-state index is 0. The van der Waals surface area contributed by atoms with Gasteiger partial charge in [0.1, 0.15) is 5.82 Å². The lowest BCUT2D eigenvalue weighted by atomic mass is 9.93. The molecule has 1 heterocycles. The van der Waals surface area contributed by atoms with Crippen LogP contribution in [0.4, 0.5) is 17.6 Å². The van der Waals surface area contributed by atoms with Crippen molar-refractivity contribution in [3.05, 3.63) is 35.1 Å². The second-order valence-corrected chi connectivity index (χ2v) is 6.17. The van der Waals surface area contributed by atoms with Crippen LogP contribution in [0.3, 0.4) is 0 Å². The van der Waals surface area contributed by atoms with E-state index in [0.717, 1.165) is 31.3 Å². The van der Waals surface area contributed by atoms with Gasteiger partial charge in [-0.3, -0.25) is 4.90 Å². The van der Waals surface area contributed by atoms with Crippen LogP contribution in [0.15, 0.2) is 18.2 Å². The fraction of sp³-hybridized carbons (Fsp3) is 0.625. The number of piperazine rings is 1. The molecule has 0 bridgehead atoms. The number of nitrogens with zero attached hydrogens (tertiary/aromatic N) is 1. The first kappa shape index (κ1) is 20.2. The molecule has 0 aromatic heterocycles. The van der Waals surface area contributed by atoms with Crippen molar-refractivity contribution < 1.29 is 17.6 Å². The molecule has 0 saturated carbocycles. The van der Waals surface area contributed by atoms with Crippen molar-refractivity contribution in [3.63, 3.8) is 0 Å². The Kier molecular flexibility index (Phi) is 7.29. The first-order chi connectivity index (χ1) is 10.3. The molecular weight excluding hydrogens is 332 g/mol. The quantitative estimate of drug-likeness (QED) is 0.813. The summed E-state index contributed by atoms with van der Waals surface area (Å²) in [6, 6.07) is 2.41. The molecule has 1 aliphatic heterocycles. The van der Waals surface area contributed by atoms with E-state index >= 15 is 0 Å². The lowest BCUT2D eigenvalue weighted by molar-refractivity contribution is -0.137. The third-order valence-corrected chi connectivity index (χ3v) is 3.97. The van der Waals surface area contributed by atoms with Crippen LogP contribution in [0.1, 0.15) is 37.4 Å². The topological polar surface area (TPSA) is 15.3 Å². The molecule has 0 spiro atoms. The SMILES string of the molecule is CC(C)C[C@@H](c1cc(C(F)(F)F)ccc1F)N1CCNCC1.Cl.